The van der Waals surface area contributed by atoms with Crippen molar-refractivity contribution in [1.82, 2.24) is 4.98 Å². The number of halogens is 1. The molecule has 1 rings (SSSR count). The highest BCUT2D eigenvalue weighted by Gasteiger charge is 2.12. The molecule has 0 atom stereocenters. The molecule has 0 aliphatic heterocycles. The molecule has 1 heterocycles. The van der Waals surface area contributed by atoms with E-state index in [0.717, 1.165) is 5.56 Å². The molecule has 14 heavy (non-hydrogen) atoms. The van der Waals surface area contributed by atoms with Crippen LogP contribution in [0, 0.1) is 6.92 Å². The molecule has 0 amide bonds. The molecule has 0 fully saturated rings. The maximum Gasteiger partial charge on any atom is 0.372 e. The second-order valence-electron chi connectivity index (χ2n) is 2.86. The summed E-state index contributed by atoms with van der Waals surface area (Å²) in [6, 6.07) is 1.65. The maximum atomic E-state index is 10.8. The van der Waals surface area contributed by atoms with Crippen molar-refractivity contribution in [1.29, 1.82) is 0 Å². The number of ketones is 1. The smallest absolute Gasteiger partial charge is 0.372 e. The number of nitrogens with zero attached hydrogens (tertiary/aromatic N) is 1. The third-order valence-electron chi connectivity index (χ3n) is 1.67. The van der Waals surface area contributed by atoms with Crippen LogP contribution in [0.4, 0.5) is 0 Å². The summed E-state index contributed by atoms with van der Waals surface area (Å²) in [5.74, 6) is -2.29. The van der Waals surface area contributed by atoms with Crippen molar-refractivity contribution in [2.75, 3.05) is 0 Å². The Labute approximate surface area is 85.5 Å². The van der Waals surface area contributed by atoms with Gasteiger partial charge in [0, 0.05) is 12.6 Å². The third kappa shape index (κ3) is 2.53. The maximum absolute atomic E-state index is 10.8. The van der Waals surface area contributed by atoms with E-state index in [2.05, 4.69) is 4.98 Å². The lowest BCUT2D eigenvalue weighted by Gasteiger charge is -2.00. The molecule has 0 radical (unpaired) electrons. The van der Waals surface area contributed by atoms with E-state index >= 15 is 0 Å². The van der Waals surface area contributed by atoms with E-state index in [-0.39, 0.29) is 6.42 Å². The largest absolute Gasteiger partial charge is 0.475 e. The van der Waals surface area contributed by atoms with Gasteiger partial charge in [-0.3, -0.25) is 4.79 Å². The topological polar surface area (TPSA) is 67.3 Å². The lowest BCUT2D eigenvalue weighted by atomic mass is 10.1. The second kappa shape index (κ2) is 4.19. The number of carbonyl (C=O) groups is 2. The predicted octanol–water partition coefficient (Wildman–Crippen LogP) is 1.24. The molecule has 1 aromatic heterocycles. The van der Waals surface area contributed by atoms with Crippen LogP contribution in [0.15, 0.2) is 12.3 Å². The quantitative estimate of drug-likeness (QED) is 0.606. The minimum Gasteiger partial charge on any atom is -0.475 e. The number of carbonyl (C=O) groups excluding carboxylic acids is 1. The lowest BCUT2D eigenvalue weighted by Crippen LogP contribution is -2.15. The fraction of sp³-hybridized carbons (Fsp3) is 0.222. The Morgan fingerprint density at radius 3 is 2.71 bits per heavy atom. The Balaban J connectivity index is 2.83. The molecule has 4 nitrogen and oxygen atoms in total. The number of aromatic nitrogens is 1. The molecular formula is C9H8ClNO3. The van der Waals surface area contributed by atoms with Crippen molar-refractivity contribution < 1.29 is 14.7 Å². The molecular weight excluding hydrogens is 206 g/mol. The van der Waals surface area contributed by atoms with Gasteiger partial charge in [0.1, 0.15) is 5.15 Å². The van der Waals surface area contributed by atoms with Gasteiger partial charge in [0.05, 0.1) is 0 Å². The summed E-state index contributed by atoms with van der Waals surface area (Å²) in [4.78, 5) is 24.9. The van der Waals surface area contributed by atoms with E-state index < -0.39 is 11.8 Å². The lowest BCUT2D eigenvalue weighted by molar-refractivity contribution is -0.148. The first-order chi connectivity index (χ1) is 6.50. The van der Waals surface area contributed by atoms with Gasteiger partial charge in [-0.25, -0.2) is 9.78 Å². The van der Waals surface area contributed by atoms with E-state index in [1.807, 2.05) is 0 Å². The van der Waals surface area contributed by atoms with E-state index in [1.54, 1.807) is 13.0 Å². The van der Waals surface area contributed by atoms with Crippen molar-refractivity contribution in [3.05, 3.63) is 28.5 Å². The van der Waals surface area contributed by atoms with Gasteiger partial charge in [-0.1, -0.05) is 17.7 Å². The summed E-state index contributed by atoms with van der Waals surface area (Å²) in [6.45, 7) is 1.74. The minimum absolute atomic E-state index is 0.152. The van der Waals surface area contributed by atoms with Crippen LogP contribution < -0.4 is 0 Å². The molecule has 0 saturated heterocycles. The van der Waals surface area contributed by atoms with Gasteiger partial charge in [0.25, 0.3) is 0 Å². The summed E-state index contributed by atoms with van der Waals surface area (Å²) < 4.78 is 0. The van der Waals surface area contributed by atoms with Crippen LogP contribution in [-0.2, 0) is 16.0 Å². The first-order valence-corrected chi connectivity index (χ1v) is 4.25. The molecule has 74 valence electrons. The van der Waals surface area contributed by atoms with Crippen LogP contribution in [-0.4, -0.2) is 21.8 Å². The van der Waals surface area contributed by atoms with Crippen LogP contribution in [0.5, 0.6) is 0 Å². The van der Waals surface area contributed by atoms with Crippen LogP contribution >= 0.6 is 11.6 Å². The molecule has 0 aromatic carbocycles. The number of pyridine rings is 1. The zero-order valence-corrected chi connectivity index (χ0v) is 8.21. The van der Waals surface area contributed by atoms with Crippen LogP contribution in [0.1, 0.15) is 11.1 Å². The Bertz CT molecular complexity index is 390. The molecule has 0 aliphatic carbocycles. The summed E-state index contributed by atoms with van der Waals surface area (Å²) in [5, 5.41) is 8.73. The van der Waals surface area contributed by atoms with Crippen LogP contribution in [0.25, 0.3) is 0 Å². The summed E-state index contributed by atoms with van der Waals surface area (Å²) in [6.07, 6.45) is 1.25. The Morgan fingerprint density at radius 2 is 2.21 bits per heavy atom. The molecule has 0 unspecified atom stereocenters. The van der Waals surface area contributed by atoms with E-state index in [9.17, 15) is 9.59 Å². The third-order valence-corrected chi connectivity index (χ3v) is 2.07. The Hall–Kier alpha value is -1.42. The minimum atomic E-state index is -1.43. The number of carboxylic acids is 1. The molecule has 0 saturated carbocycles. The fourth-order valence-corrected chi connectivity index (χ4v) is 1.08. The van der Waals surface area contributed by atoms with E-state index in [0.29, 0.717) is 10.7 Å². The Morgan fingerprint density at radius 1 is 1.57 bits per heavy atom. The SMILES string of the molecule is Cc1cc(CC(=O)C(=O)O)cnc1Cl. The number of Topliss-reactive ketones (excluding diaryl/α,β-unsaturated/α-hetero) is 1. The standard InChI is InChI=1S/C9H8ClNO3/c1-5-2-6(4-11-8(5)10)3-7(12)9(13)14/h2,4H,3H2,1H3,(H,13,14). The highest BCUT2D eigenvalue weighted by Crippen LogP contribution is 2.13. The average molecular weight is 214 g/mol. The van der Waals surface area contributed by atoms with Crippen molar-refractivity contribution in [3.63, 3.8) is 0 Å². The number of hydrogen-bond donors (Lipinski definition) is 1. The van der Waals surface area contributed by atoms with E-state index in [4.69, 9.17) is 16.7 Å². The number of rotatable bonds is 3. The van der Waals surface area contributed by atoms with Crippen molar-refractivity contribution >= 4 is 23.4 Å². The molecule has 0 aliphatic rings. The Kier molecular flexibility index (Phi) is 3.19. The van der Waals surface area contributed by atoms with Gasteiger partial charge in [-0.05, 0) is 18.1 Å². The summed E-state index contributed by atoms with van der Waals surface area (Å²) in [5.41, 5.74) is 1.28. The zero-order valence-electron chi connectivity index (χ0n) is 7.45. The highest BCUT2D eigenvalue weighted by atomic mass is 35.5. The first-order valence-electron chi connectivity index (χ1n) is 3.88. The van der Waals surface area contributed by atoms with Gasteiger partial charge in [0.15, 0.2) is 0 Å². The number of hydrogen-bond acceptors (Lipinski definition) is 3. The van der Waals surface area contributed by atoms with Gasteiger partial charge in [-0.15, -0.1) is 0 Å². The summed E-state index contributed by atoms with van der Waals surface area (Å²) in [7, 11) is 0. The molecule has 5 heteroatoms. The molecule has 1 aromatic rings. The van der Waals surface area contributed by atoms with Crippen molar-refractivity contribution in [3.8, 4) is 0 Å². The predicted molar refractivity (Wildman–Crippen MR) is 50.3 cm³/mol. The first kappa shape index (κ1) is 10.7. The number of aliphatic carboxylic acids is 1. The summed E-state index contributed by atoms with van der Waals surface area (Å²) >= 11 is 5.67. The van der Waals surface area contributed by atoms with Gasteiger partial charge < -0.3 is 5.11 Å². The van der Waals surface area contributed by atoms with Crippen molar-refractivity contribution in [2.45, 2.75) is 13.3 Å². The number of carboxylic acid groups (broad SMARTS) is 1. The average Bonchev–Trinajstić information content (AvgIpc) is 2.11. The second-order valence-corrected chi connectivity index (χ2v) is 3.21. The molecule has 0 bridgehead atoms. The van der Waals surface area contributed by atoms with Gasteiger partial charge >= 0.3 is 5.97 Å². The molecule has 1 N–H and O–H groups in total. The normalized spacial score (nSPS) is 9.86. The van der Waals surface area contributed by atoms with Gasteiger partial charge in [-0.2, -0.15) is 0 Å². The molecule has 0 spiro atoms. The fourth-order valence-electron chi connectivity index (χ4n) is 0.974. The van der Waals surface area contributed by atoms with Crippen LogP contribution in [0.3, 0.4) is 0 Å². The van der Waals surface area contributed by atoms with Crippen LogP contribution in [0.2, 0.25) is 5.15 Å². The monoisotopic (exact) mass is 213 g/mol. The highest BCUT2D eigenvalue weighted by molar-refractivity contribution is 6.33. The zero-order chi connectivity index (χ0) is 10.7. The van der Waals surface area contributed by atoms with E-state index in [1.165, 1.54) is 6.20 Å². The van der Waals surface area contributed by atoms with Crippen molar-refractivity contribution in [2.24, 2.45) is 0 Å². The van der Waals surface area contributed by atoms with Gasteiger partial charge in [0.2, 0.25) is 5.78 Å². The number of aryl methyl sites for hydroxylation is 1.